The highest BCUT2D eigenvalue weighted by Gasteiger charge is 2.15. The molecule has 0 aliphatic rings. The molecular weight excluding hydrogens is 282 g/mol. The average Bonchev–Trinajstić information content (AvgIpc) is 2.86. The summed E-state index contributed by atoms with van der Waals surface area (Å²) in [5.41, 5.74) is 3.43. The van der Waals surface area contributed by atoms with Gasteiger partial charge in [-0.15, -0.1) is 0 Å². The molecule has 2 rings (SSSR count). The molecule has 1 aromatic carbocycles. The average molecular weight is 303 g/mol. The molecule has 118 valence electrons. The van der Waals surface area contributed by atoms with E-state index >= 15 is 0 Å². The third-order valence-electron chi connectivity index (χ3n) is 3.33. The molecule has 22 heavy (non-hydrogen) atoms. The van der Waals surface area contributed by atoms with Crippen LogP contribution in [0.5, 0.6) is 0 Å². The molecule has 0 unspecified atom stereocenters. The summed E-state index contributed by atoms with van der Waals surface area (Å²) in [5.74, 6) is -0.226. The van der Waals surface area contributed by atoms with Crippen LogP contribution < -0.4 is 0 Å². The van der Waals surface area contributed by atoms with Gasteiger partial charge >= 0.3 is 0 Å². The number of hydrogen-bond acceptors (Lipinski definition) is 4. The number of carbonyl (C=O) groups is 1. The Morgan fingerprint density at radius 3 is 2.50 bits per heavy atom. The van der Waals surface area contributed by atoms with Crippen molar-refractivity contribution in [2.75, 3.05) is 20.3 Å². The molecule has 0 radical (unpaired) electrons. The molecule has 1 aromatic heterocycles. The summed E-state index contributed by atoms with van der Waals surface area (Å²) in [6.45, 7) is 4.30. The molecule has 0 fully saturated rings. The van der Waals surface area contributed by atoms with Gasteiger partial charge in [0.25, 0.3) is 5.91 Å². The lowest BCUT2D eigenvalue weighted by Crippen LogP contribution is -2.31. The molecule has 2 aromatic rings. The Hall–Kier alpha value is -2.18. The van der Waals surface area contributed by atoms with Gasteiger partial charge in [-0.25, -0.2) is 9.75 Å². The number of aryl methyl sites for hydroxylation is 2. The minimum atomic E-state index is -0.226. The van der Waals surface area contributed by atoms with Gasteiger partial charge in [0.1, 0.15) is 0 Å². The number of hydrogen-bond donors (Lipinski definition) is 1. The first-order chi connectivity index (χ1) is 10.6. The van der Waals surface area contributed by atoms with Crippen LogP contribution in [0.1, 0.15) is 28.2 Å². The Morgan fingerprint density at radius 2 is 2.00 bits per heavy atom. The van der Waals surface area contributed by atoms with Crippen LogP contribution in [0.25, 0.3) is 5.69 Å². The van der Waals surface area contributed by atoms with Crippen molar-refractivity contribution in [3.8, 4) is 5.69 Å². The number of aromatic nitrogens is 2. The van der Waals surface area contributed by atoms with Crippen molar-refractivity contribution in [1.29, 1.82) is 0 Å². The zero-order valence-corrected chi connectivity index (χ0v) is 13.1. The van der Waals surface area contributed by atoms with Crippen LogP contribution >= 0.6 is 0 Å². The number of carbonyl (C=O) groups excluding carboxylic acids is 1. The number of nitrogens with zero attached hydrogens (tertiary/aromatic N) is 3. The van der Waals surface area contributed by atoms with Crippen LogP contribution in [-0.2, 0) is 4.84 Å². The Kier molecular flexibility index (Phi) is 5.30. The largest absolute Gasteiger partial charge is 0.396 e. The molecule has 1 N–H and O–H groups in total. The van der Waals surface area contributed by atoms with Gasteiger partial charge in [-0.05, 0) is 50.6 Å². The Balaban J connectivity index is 2.17. The van der Waals surface area contributed by atoms with Gasteiger partial charge in [0.2, 0.25) is 0 Å². The van der Waals surface area contributed by atoms with Crippen LogP contribution in [0.4, 0.5) is 0 Å². The second-order valence-electron chi connectivity index (χ2n) is 5.05. The molecule has 0 saturated heterocycles. The van der Waals surface area contributed by atoms with E-state index in [4.69, 9.17) is 9.94 Å². The number of amides is 1. The lowest BCUT2D eigenvalue weighted by Gasteiger charge is -2.19. The molecule has 6 nitrogen and oxygen atoms in total. The molecule has 0 aliphatic carbocycles. The summed E-state index contributed by atoms with van der Waals surface area (Å²) in [5, 5.41) is 14.5. The fourth-order valence-corrected chi connectivity index (χ4v) is 2.27. The summed E-state index contributed by atoms with van der Waals surface area (Å²) < 4.78 is 1.84. The van der Waals surface area contributed by atoms with Crippen molar-refractivity contribution in [2.24, 2.45) is 0 Å². The van der Waals surface area contributed by atoms with Gasteiger partial charge in [0.05, 0.1) is 25.0 Å². The minimum Gasteiger partial charge on any atom is -0.396 e. The third-order valence-corrected chi connectivity index (χ3v) is 3.33. The van der Waals surface area contributed by atoms with E-state index in [9.17, 15) is 4.79 Å². The zero-order valence-electron chi connectivity index (χ0n) is 13.1. The van der Waals surface area contributed by atoms with Crippen molar-refractivity contribution in [3.63, 3.8) is 0 Å². The molecule has 1 amide bonds. The highest BCUT2D eigenvalue weighted by atomic mass is 16.7. The van der Waals surface area contributed by atoms with Gasteiger partial charge in [-0.3, -0.25) is 9.63 Å². The first kappa shape index (κ1) is 16.2. The Bertz CT molecular complexity index is 635. The standard InChI is InChI=1S/C16H21N3O3/c1-12-11-13(2)19(17-12)15-7-5-14(6-8-15)16(21)18(22-3)9-4-10-20/h5-8,11,20H,4,9-10H2,1-3H3. The monoisotopic (exact) mass is 303 g/mol. The maximum atomic E-state index is 12.3. The van der Waals surface area contributed by atoms with Crippen LogP contribution in [0.2, 0.25) is 0 Å². The quantitative estimate of drug-likeness (QED) is 0.827. The van der Waals surface area contributed by atoms with E-state index in [-0.39, 0.29) is 12.5 Å². The molecule has 0 spiro atoms. The van der Waals surface area contributed by atoms with Gasteiger partial charge in [-0.1, -0.05) is 0 Å². The van der Waals surface area contributed by atoms with Crippen LogP contribution in [0.15, 0.2) is 30.3 Å². The van der Waals surface area contributed by atoms with Crippen molar-refractivity contribution in [3.05, 3.63) is 47.3 Å². The van der Waals surface area contributed by atoms with Crippen molar-refractivity contribution in [2.45, 2.75) is 20.3 Å². The van der Waals surface area contributed by atoms with Crippen molar-refractivity contribution in [1.82, 2.24) is 14.8 Å². The van der Waals surface area contributed by atoms with Gasteiger partial charge in [0.15, 0.2) is 0 Å². The molecule has 6 heteroatoms. The maximum Gasteiger partial charge on any atom is 0.277 e. The van der Waals surface area contributed by atoms with E-state index in [1.54, 1.807) is 12.1 Å². The zero-order chi connectivity index (χ0) is 16.1. The predicted molar refractivity (Wildman–Crippen MR) is 82.8 cm³/mol. The highest BCUT2D eigenvalue weighted by Crippen LogP contribution is 2.14. The Morgan fingerprint density at radius 1 is 1.32 bits per heavy atom. The summed E-state index contributed by atoms with van der Waals surface area (Å²) in [7, 11) is 1.44. The summed E-state index contributed by atoms with van der Waals surface area (Å²) in [6, 6.07) is 9.21. The predicted octanol–water partition coefficient (Wildman–Crippen LogP) is 1.88. The van der Waals surface area contributed by atoms with E-state index in [2.05, 4.69) is 5.10 Å². The molecule has 0 aliphatic heterocycles. The fraction of sp³-hybridized carbons (Fsp3) is 0.375. The second-order valence-corrected chi connectivity index (χ2v) is 5.05. The molecule has 0 saturated carbocycles. The molecule has 1 heterocycles. The summed E-state index contributed by atoms with van der Waals surface area (Å²) in [4.78, 5) is 17.4. The van der Waals surface area contributed by atoms with Gasteiger partial charge in [0, 0.05) is 17.9 Å². The number of rotatable bonds is 6. The van der Waals surface area contributed by atoms with E-state index in [0.29, 0.717) is 18.5 Å². The lowest BCUT2D eigenvalue weighted by atomic mass is 10.2. The second kappa shape index (κ2) is 7.20. The number of aliphatic hydroxyl groups excluding tert-OH is 1. The summed E-state index contributed by atoms with van der Waals surface area (Å²) in [6.07, 6.45) is 0.476. The van der Waals surface area contributed by atoms with E-state index in [1.165, 1.54) is 12.2 Å². The summed E-state index contributed by atoms with van der Waals surface area (Å²) >= 11 is 0. The topological polar surface area (TPSA) is 67.6 Å². The van der Waals surface area contributed by atoms with E-state index < -0.39 is 0 Å². The SMILES string of the molecule is CON(CCCO)C(=O)c1ccc(-n2nc(C)cc2C)cc1. The first-order valence-corrected chi connectivity index (χ1v) is 7.17. The maximum absolute atomic E-state index is 12.3. The first-order valence-electron chi connectivity index (χ1n) is 7.17. The van der Waals surface area contributed by atoms with Crippen molar-refractivity contribution < 1.29 is 14.7 Å². The minimum absolute atomic E-state index is 0.0179. The number of hydroxylamine groups is 2. The highest BCUT2D eigenvalue weighted by molar-refractivity contribution is 5.93. The van der Waals surface area contributed by atoms with Gasteiger partial charge in [-0.2, -0.15) is 5.10 Å². The van der Waals surface area contributed by atoms with Crippen LogP contribution in [-0.4, -0.2) is 46.1 Å². The smallest absolute Gasteiger partial charge is 0.277 e. The van der Waals surface area contributed by atoms with E-state index in [0.717, 1.165) is 17.1 Å². The molecule has 0 bridgehead atoms. The third kappa shape index (κ3) is 3.52. The Labute approximate surface area is 129 Å². The lowest BCUT2D eigenvalue weighted by molar-refractivity contribution is -0.0968. The van der Waals surface area contributed by atoms with E-state index in [1.807, 2.05) is 36.7 Å². The number of benzene rings is 1. The molecular formula is C16H21N3O3. The molecule has 0 atom stereocenters. The van der Waals surface area contributed by atoms with Crippen molar-refractivity contribution >= 4 is 5.91 Å². The van der Waals surface area contributed by atoms with Crippen LogP contribution in [0, 0.1) is 13.8 Å². The number of aliphatic hydroxyl groups is 1. The van der Waals surface area contributed by atoms with Crippen LogP contribution in [0.3, 0.4) is 0 Å². The van der Waals surface area contributed by atoms with Gasteiger partial charge < -0.3 is 5.11 Å². The fourth-order valence-electron chi connectivity index (χ4n) is 2.27. The normalized spacial score (nSPS) is 10.7.